The van der Waals surface area contributed by atoms with Gasteiger partial charge in [-0.15, -0.1) is 11.3 Å². The van der Waals surface area contributed by atoms with E-state index in [2.05, 4.69) is 11.4 Å². The van der Waals surface area contributed by atoms with Gasteiger partial charge in [-0.25, -0.2) is 4.79 Å². The topological polar surface area (TPSA) is 104 Å². The number of ether oxygens (including phenoxy) is 1. The SMILES string of the molecule is Cc1c(C#N)c(NC(=O)COC(=O)[C@@H]2CCCN2C(=O)c2cccs2)n(Cc2ccccc2)c1C. The van der Waals surface area contributed by atoms with Gasteiger partial charge in [-0.05, 0) is 49.3 Å². The van der Waals surface area contributed by atoms with Crippen molar-refractivity contribution in [3.05, 3.63) is 75.1 Å². The number of hydrogen-bond donors (Lipinski definition) is 1. The molecule has 0 aliphatic carbocycles. The Kier molecular flexibility index (Phi) is 7.32. The number of thiophene rings is 1. The predicted molar refractivity (Wildman–Crippen MR) is 132 cm³/mol. The zero-order valence-electron chi connectivity index (χ0n) is 19.6. The molecule has 3 heterocycles. The van der Waals surface area contributed by atoms with Gasteiger partial charge in [0.2, 0.25) is 0 Å². The number of benzene rings is 1. The van der Waals surface area contributed by atoms with E-state index in [9.17, 15) is 19.6 Å². The second-order valence-electron chi connectivity index (χ2n) is 8.41. The molecule has 1 aliphatic heterocycles. The molecule has 2 amide bonds. The van der Waals surface area contributed by atoms with Crippen molar-refractivity contribution in [1.29, 1.82) is 5.26 Å². The molecule has 4 rings (SSSR count). The average Bonchev–Trinajstić information content (AvgIpc) is 3.61. The Bertz CT molecular complexity index is 1270. The second-order valence-corrected chi connectivity index (χ2v) is 9.36. The Morgan fingerprint density at radius 1 is 1.17 bits per heavy atom. The molecule has 1 aromatic carbocycles. The van der Waals surface area contributed by atoms with E-state index in [-0.39, 0.29) is 5.91 Å². The van der Waals surface area contributed by atoms with Crippen LogP contribution in [0, 0.1) is 25.2 Å². The molecule has 9 heteroatoms. The Morgan fingerprint density at radius 2 is 1.94 bits per heavy atom. The lowest BCUT2D eigenvalue weighted by Crippen LogP contribution is -2.41. The van der Waals surface area contributed by atoms with Gasteiger partial charge in [0.15, 0.2) is 6.61 Å². The maximum absolute atomic E-state index is 12.7. The zero-order valence-corrected chi connectivity index (χ0v) is 20.4. The van der Waals surface area contributed by atoms with Crippen LogP contribution in [0.2, 0.25) is 0 Å². The molecular weight excluding hydrogens is 464 g/mol. The summed E-state index contributed by atoms with van der Waals surface area (Å²) in [5.41, 5.74) is 3.05. The van der Waals surface area contributed by atoms with Crippen molar-refractivity contribution in [2.45, 2.75) is 39.3 Å². The van der Waals surface area contributed by atoms with Crippen LogP contribution in [-0.2, 0) is 20.9 Å². The maximum Gasteiger partial charge on any atom is 0.329 e. The maximum atomic E-state index is 12.7. The number of aromatic nitrogens is 1. The van der Waals surface area contributed by atoms with E-state index in [4.69, 9.17) is 4.74 Å². The van der Waals surface area contributed by atoms with Gasteiger partial charge in [-0.3, -0.25) is 9.59 Å². The van der Waals surface area contributed by atoms with Crippen molar-refractivity contribution in [2.75, 3.05) is 18.5 Å². The van der Waals surface area contributed by atoms with E-state index in [1.165, 1.54) is 16.2 Å². The number of carbonyl (C=O) groups is 3. The number of nitriles is 1. The van der Waals surface area contributed by atoms with E-state index in [0.717, 1.165) is 16.8 Å². The van der Waals surface area contributed by atoms with Crippen molar-refractivity contribution in [3.63, 3.8) is 0 Å². The zero-order chi connectivity index (χ0) is 24.9. The summed E-state index contributed by atoms with van der Waals surface area (Å²) in [4.78, 5) is 40.3. The molecule has 1 aliphatic rings. The number of carbonyl (C=O) groups excluding carboxylic acids is 3. The summed E-state index contributed by atoms with van der Waals surface area (Å²) >= 11 is 1.32. The standard InChI is InChI=1S/C26H26N4O4S/c1-17-18(2)30(15-19-8-4-3-5-9-19)24(20(17)14-27)28-23(31)16-34-26(33)21-10-6-12-29(21)25(32)22-11-7-13-35-22/h3-5,7-9,11,13,21H,6,10,12,15-16H2,1-2H3,(H,28,31)/t21-/m0/s1. The Balaban J connectivity index is 1.43. The molecule has 0 unspecified atom stereocenters. The van der Waals surface area contributed by atoms with Crippen LogP contribution < -0.4 is 5.32 Å². The molecule has 0 saturated carbocycles. The first-order valence-corrected chi connectivity index (χ1v) is 12.2. The highest BCUT2D eigenvalue weighted by Crippen LogP contribution is 2.27. The van der Waals surface area contributed by atoms with Crippen molar-refractivity contribution >= 4 is 34.9 Å². The van der Waals surface area contributed by atoms with Crippen molar-refractivity contribution < 1.29 is 19.1 Å². The number of amides is 2. The van der Waals surface area contributed by atoms with Crippen LogP contribution in [0.25, 0.3) is 0 Å². The summed E-state index contributed by atoms with van der Waals surface area (Å²) in [5, 5.41) is 14.3. The van der Waals surface area contributed by atoms with Crippen molar-refractivity contribution in [3.8, 4) is 6.07 Å². The highest BCUT2D eigenvalue weighted by molar-refractivity contribution is 7.12. The number of esters is 1. The molecule has 1 N–H and O–H groups in total. The smallest absolute Gasteiger partial charge is 0.329 e. The molecule has 3 aromatic rings. The minimum atomic E-state index is -0.710. The van der Waals surface area contributed by atoms with Crippen molar-refractivity contribution in [1.82, 2.24) is 9.47 Å². The van der Waals surface area contributed by atoms with Crippen LogP contribution >= 0.6 is 11.3 Å². The molecule has 8 nitrogen and oxygen atoms in total. The van der Waals surface area contributed by atoms with Crippen LogP contribution in [0.5, 0.6) is 0 Å². The number of anilines is 1. The van der Waals surface area contributed by atoms with E-state index in [1.807, 2.05) is 54.1 Å². The fraction of sp³-hybridized carbons (Fsp3) is 0.308. The van der Waals surface area contributed by atoms with Gasteiger partial charge >= 0.3 is 5.97 Å². The monoisotopic (exact) mass is 490 g/mol. The van der Waals surface area contributed by atoms with Gasteiger partial charge in [0.05, 0.1) is 10.4 Å². The molecule has 0 radical (unpaired) electrons. The van der Waals surface area contributed by atoms with E-state index in [0.29, 0.717) is 42.2 Å². The Hall–Kier alpha value is -3.90. The van der Waals surface area contributed by atoms with Crippen molar-refractivity contribution in [2.24, 2.45) is 0 Å². The highest BCUT2D eigenvalue weighted by Gasteiger charge is 2.36. The van der Waals surface area contributed by atoms with Gasteiger partial charge < -0.3 is 19.5 Å². The second kappa shape index (κ2) is 10.6. The number of nitrogens with zero attached hydrogens (tertiary/aromatic N) is 3. The van der Waals surface area contributed by atoms with E-state index in [1.54, 1.807) is 12.1 Å². The molecule has 0 bridgehead atoms. The number of rotatable bonds is 7. The third-order valence-electron chi connectivity index (χ3n) is 6.25. The Morgan fingerprint density at radius 3 is 2.63 bits per heavy atom. The molecule has 180 valence electrons. The highest BCUT2D eigenvalue weighted by atomic mass is 32.1. The number of nitrogens with one attached hydrogen (secondary N) is 1. The Labute approximate surface area is 207 Å². The van der Waals surface area contributed by atoms with Crippen LogP contribution in [0.3, 0.4) is 0 Å². The van der Waals surface area contributed by atoms with Gasteiger partial charge in [-0.2, -0.15) is 5.26 Å². The van der Waals surface area contributed by atoms with Crippen LogP contribution in [0.1, 0.15) is 44.9 Å². The summed E-state index contributed by atoms with van der Waals surface area (Å²) in [7, 11) is 0. The van der Waals surface area contributed by atoms with Crippen LogP contribution in [0.15, 0.2) is 47.8 Å². The lowest BCUT2D eigenvalue weighted by molar-refractivity contribution is -0.151. The van der Waals surface area contributed by atoms with Crippen LogP contribution in [0.4, 0.5) is 5.82 Å². The molecule has 1 saturated heterocycles. The fourth-order valence-electron chi connectivity index (χ4n) is 4.29. The van der Waals surface area contributed by atoms with Gasteiger partial charge in [-0.1, -0.05) is 36.4 Å². The third-order valence-corrected chi connectivity index (χ3v) is 7.10. The largest absolute Gasteiger partial charge is 0.454 e. The molecule has 2 aromatic heterocycles. The number of hydrogen-bond acceptors (Lipinski definition) is 6. The average molecular weight is 491 g/mol. The first-order valence-electron chi connectivity index (χ1n) is 11.4. The first-order chi connectivity index (χ1) is 16.9. The van der Waals surface area contributed by atoms with Crippen LogP contribution in [-0.4, -0.2) is 46.4 Å². The summed E-state index contributed by atoms with van der Waals surface area (Å²) in [6.45, 7) is 4.18. The predicted octanol–water partition coefficient (Wildman–Crippen LogP) is 3.87. The first kappa shape index (κ1) is 24.2. The molecule has 0 spiro atoms. The summed E-state index contributed by atoms with van der Waals surface area (Å²) in [6.07, 6.45) is 1.19. The van der Waals surface area contributed by atoms with Gasteiger partial charge in [0.25, 0.3) is 11.8 Å². The molecular formula is C26H26N4O4S. The van der Waals surface area contributed by atoms with Gasteiger partial charge in [0, 0.05) is 18.8 Å². The summed E-state index contributed by atoms with van der Waals surface area (Å²) in [5.74, 6) is -0.971. The minimum absolute atomic E-state index is 0.202. The molecule has 35 heavy (non-hydrogen) atoms. The third kappa shape index (κ3) is 5.12. The van der Waals surface area contributed by atoms with E-state index >= 15 is 0 Å². The molecule has 1 fully saturated rings. The number of likely N-dealkylation sites (tertiary alicyclic amines) is 1. The summed E-state index contributed by atoms with van der Waals surface area (Å²) in [6, 6.07) is 14.7. The normalized spacial score (nSPS) is 15.0. The summed E-state index contributed by atoms with van der Waals surface area (Å²) < 4.78 is 7.17. The van der Waals surface area contributed by atoms with Gasteiger partial charge in [0.1, 0.15) is 17.9 Å². The quantitative estimate of drug-likeness (QED) is 0.506. The minimum Gasteiger partial charge on any atom is -0.454 e. The van der Waals surface area contributed by atoms with E-state index < -0.39 is 24.5 Å². The fourth-order valence-corrected chi connectivity index (χ4v) is 4.97. The lowest BCUT2D eigenvalue weighted by atomic mass is 10.2. The lowest BCUT2D eigenvalue weighted by Gasteiger charge is -2.22. The molecule has 1 atom stereocenters.